The van der Waals surface area contributed by atoms with E-state index in [1.807, 2.05) is 19.1 Å². The summed E-state index contributed by atoms with van der Waals surface area (Å²) < 4.78 is 6.04. The zero-order valence-electron chi connectivity index (χ0n) is 18.2. The minimum Gasteiger partial charge on any atom is -0.377 e. The lowest BCUT2D eigenvalue weighted by Crippen LogP contribution is -2.47. The van der Waals surface area contributed by atoms with Crippen LogP contribution in [0.2, 0.25) is 0 Å². The second kappa shape index (κ2) is 12.3. The SMILES string of the molecule is CN=C(NCCC(=O)Nc1cccc(C)n1)NCC1CCCOC1C(C)(C)C.I. The van der Waals surface area contributed by atoms with Crippen LogP contribution in [-0.2, 0) is 9.53 Å². The third kappa shape index (κ3) is 8.86. The van der Waals surface area contributed by atoms with Crippen LogP contribution in [-0.4, -0.2) is 49.7 Å². The number of halogens is 1. The number of aryl methyl sites for hydroxylation is 1. The highest BCUT2D eigenvalue weighted by Gasteiger charge is 2.35. The van der Waals surface area contributed by atoms with E-state index in [0.29, 0.717) is 30.7 Å². The monoisotopic (exact) mass is 517 g/mol. The minimum absolute atomic E-state index is 0. The Kier molecular flexibility index (Phi) is 10.9. The first-order valence-electron chi connectivity index (χ1n) is 10.1. The fourth-order valence-electron chi connectivity index (χ4n) is 3.57. The Bertz CT molecular complexity index is 675. The maximum atomic E-state index is 12.1. The number of pyridine rings is 1. The molecule has 1 aromatic rings. The molecule has 0 spiro atoms. The van der Waals surface area contributed by atoms with Crippen LogP contribution < -0.4 is 16.0 Å². The lowest BCUT2D eigenvalue weighted by Gasteiger charge is -2.40. The molecule has 1 saturated heterocycles. The van der Waals surface area contributed by atoms with Crippen molar-refractivity contribution < 1.29 is 9.53 Å². The maximum absolute atomic E-state index is 12.1. The van der Waals surface area contributed by atoms with Gasteiger partial charge in [0, 0.05) is 44.8 Å². The number of carbonyl (C=O) groups excluding carboxylic acids is 1. The summed E-state index contributed by atoms with van der Waals surface area (Å²) in [6.45, 7) is 10.7. The molecule has 1 aliphatic rings. The molecule has 0 saturated carbocycles. The normalized spacial score (nSPS) is 19.8. The average molecular weight is 517 g/mol. The molecule has 0 aromatic carbocycles. The molecule has 0 aliphatic carbocycles. The van der Waals surface area contributed by atoms with Gasteiger partial charge in [0.25, 0.3) is 0 Å². The molecule has 1 amide bonds. The molecule has 1 aromatic heterocycles. The number of aliphatic imine (C=N–C) groups is 1. The van der Waals surface area contributed by atoms with Crippen molar-refractivity contribution in [3.63, 3.8) is 0 Å². The summed E-state index contributed by atoms with van der Waals surface area (Å²) in [4.78, 5) is 20.6. The van der Waals surface area contributed by atoms with E-state index in [0.717, 1.165) is 31.7 Å². The van der Waals surface area contributed by atoms with Crippen LogP contribution in [0.3, 0.4) is 0 Å². The van der Waals surface area contributed by atoms with E-state index in [1.54, 1.807) is 13.1 Å². The molecule has 2 atom stereocenters. The lowest BCUT2D eigenvalue weighted by molar-refractivity contribution is -0.116. The van der Waals surface area contributed by atoms with Crippen LogP contribution in [0.4, 0.5) is 5.82 Å². The quantitative estimate of drug-likeness (QED) is 0.306. The number of anilines is 1. The number of ether oxygens (including phenoxy) is 1. The molecule has 2 heterocycles. The molecule has 0 bridgehead atoms. The summed E-state index contributed by atoms with van der Waals surface area (Å²) in [5.41, 5.74) is 0.992. The van der Waals surface area contributed by atoms with E-state index in [2.05, 4.69) is 46.7 Å². The smallest absolute Gasteiger partial charge is 0.227 e. The van der Waals surface area contributed by atoms with Crippen LogP contribution in [0, 0.1) is 18.3 Å². The van der Waals surface area contributed by atoms with Gasteiger partial charge in [-0.25, -0.2) is 4.98 Å². The van der Waals surface area contributed by atoms with Crippen LogP contribution in [0.15, 0.2) is 23.2 Å². The van der Waals surface area contributed by atoms with Crippen LogP contribution in [0.25, 0.3) is 0 Å². The fourth-order valence-corrected chi connectivity index (χ4v) is 3.57. The van der Waals surface area contributed by atoms with Crippen molar-refractivity contribution in [3.8, 4) is 0 Å². The van der Waals surface area contributed by atoms with Crippen molar-refractivity contribution in [2.75, 3.05) is 32.1 Å². The van der Waals surface area contributed by atoms with E-state index in [1.165, 1.54) is 0 Å². The zero-order chi connectivity index (χ0) is 20.6. The van der Waals surface area contributed by atoms with Gasteiger partial charge in [-0.3, -0.25) is 9.79 Å². The van der Waals surface area contributed by atoms with Crippen molar-refractivity contribution in [1.29, 1.82) is 0 Å². The zero-order valence-corrected chi connectivity index (χ0v) is 20.6. The minimum atomic E-state index is -0.0745. The Morgan fingerprint density at radius 2 is 2.07 bits per heavy atom. The molecule has 2 rings (SSSR count). The third-order valence-corrected chi connectivity index (χ3v) is 4.85. The van der Waals surface area contributed by atoms with Gasteiger partial charge in [0.05, 0.1) is 6.10 Å². The number of nitrogens with one attached hydrogen (secondary N) is 3. The Hall–Kier alpha value is -1.42. The van der Waals surface area contributed by atoms with Gasteiger partial charge in [-0.15, -0.1) is 24.0 Å². The molecule has 3 N–H and O–H groups in total. The molecule has 7 nitrogen and oxygen atoms in total. The summed E-state index contributed by atoms with van der Waals surface area (Å²) in [5.74, 6) is 1.66. The molecule has 2 unspecified atom stereocenters. The predicted octanol–water partition coefficient (Wildman–Crippen LogP) is 3.34. The van der Waals surface area contributed by atoms with Gasteiger partial charge in [-0.1, -0.05) is 26.8 Å². The second-order valence-corrected chi connectivity index (χ2v) is 8.40. The van der Waals surface area contributed by atoms with Gasteiger partial charge in [0.2, 0.25) is 5.91 Å². The number of carbonyl (C=O) groups is 1. The first-order valence-corrected chi connectivity index (χ1v) is 10.1. The van der Waals surface area contributed by atoms with Gasteiger partial charge >= 0.3 is 0 Å². The number of guanidine groups is 1. The van der Waals surface area contributed by atoms with E-state index in [-0.39, 0.29) is 41.4 Å². The summed E-state index contributed by atoms with van der Waals surface area (Å²) in [5, 5.41) is 9.41. The maximum Gasteiger partial charge on any atom is 0.227 e. The van der Waals surface area contributed by atoms with E-state index < -0.39 is 0 Å². The Morgan fingerprint density at radius 1 is 1.31 bits per heavy atom. The van der Waals surface area contributed by atoms with E-state index in [9.17, 15) is 4.79 Å². The van der Waals surface area contributed by atoms with Gasteiger partial charge < -0.3 is 20.7 Å². The fraction of sp³-hybridized carbons (Fsp3) is 0.667. The topological polar surface area (TPSA) is 87.6 Å². The highest BCUT2D eigenvalue weighted by atomic mass is 127. The molecule has 1 fully saturated rings. The Morgan fingerprint density at radius 3 is 2.72 bits per heavy atom. The van der Waals surface area contributed by atoms with Crippen LogP contribution in [0.1, 0.15) is 45.7 Å². The van der Waals surface area contributed by atoms with Gasteiger partial charge in [0.15, 0.2) is 5.96 Å². The Balaban J connectivity index is 0.00000420. The number of hydrogen-bond acceptors (Lipinski definition) is 4. The van der Waals surface area contributed by atoms with Gasteiger partial charge in [-0.05, 0) is 37.3 Å². The molecule has 1 aliphatic heterocycles. The van der Waals surface area contributed by atoms with Crippen molar-refractivity contribution >= 4 is 41.7 Å². The number of aromatic nitrogens is 1. The number of rotatable bonds is 6. The van der Waals surface area contributed by atoms with Crippen molar-refractivity contribution in [2.24, 2.45) is 16.3 Å². The molecule has 0 radical (unpaired) electrons. The first kappa shape index (κ1) is 25.6. The largest absolute Gasteiger partial charge is 0.377 e. The van der Waals surface area contributed by atoms with Crippen LogP contribution in [0.5, 0.6) is 0 Å². The standard InChI is InChI=1S/C21H35N5O2.HI/c1-15-8-6-10-17(25-15)26-18(27)11-12-23-20(22-5)24-14-16-9-7-13-28-19(16)21(2,3)4;/h6,8,10,16,19H,7,9,11-14H2,1-5H3,(H2,22,23,24)(H,25,26,27);1H. The molecular formula is C21H36IN5O2. The summed E-state index contributed by atoms with van der Waals surface area (Å²) >= 11 is 0. The summed E-state index contributed by atoms with van der Waals surface area (Å²) in [6, 6.07) is 5.56. The summed E-state index contributed by atoms with van der Waals surface area (Å²) in [6.07, 6.45) is 2.82. The van der Waals surface area contributed by atoms with Crippen molar-refractivity contribution in [2.45, 2.75) is 53.1 Å². The highest BCUT2D eigenvalue weighted by molar-refractivity contribution is 14.0. The highest BCUT2D eigenvalue weighted by Crippen LogP contribution is 2.33. The number of nitrogens with zero attached hydrogens (tertiary/aromatic N) is 2. The molecular weight excluding hydrogens is 481 g/mol. The lowest BCUT2D eigenvalue weighted by atomic mass is 9.78. The third-order valence-electron chi connectivity index (χ3n) is 4.85. The second-order valence-electron chi connectivity index (χ2n) is 8.40. The van der Waals surface area contributed by atoms with Gasteiger partial charge in [-0.2, -0.15) is 0 Å². The van der Waals surface area contributed by atoms with E-state index in [4.69, 9.17) is 4.74 Å². The molecule has 29 heavy (non-hydrogen) atoms. The van der Waals surface area contributed by atoms with Crippen LogP contribution >= 0.6 is 24.0 Å². The average Bonchev–Trinajstić information content (AvgIpc) is 2.64. The van der Waals surface area contributed by atoms with Crippen molar-refractivity contribution in [3.05, 3.63) is 23.9 Å². The molecule has 8 heteroatoms. The number of amides is 1. The molecule has 164 valence electrons. The van der Waals surface area contributed by atoms with Gasteiger partial charge in [0.1, 0.15) is 5.82 Å². The van der Waals surface area contributed by atoms with E-state index >= 15 is 0 Å². The Labute approximate surface area is 191 Å². The predicted molar refractivity (Wildman–Crippen MR) is 129 cm³/mol. The first-order chi connectivity index (χ1) is 13.3. The summed E-state index contributed by atoms with van der Waals surface area (Å²) in [7, 11) is 1.74. The number of hydrogen-bond donors (Lipinski definition) is 3. The van der Waals surface area contributed by atoms with Crippen molar-refractivity contribution in [1.82, 2.24) is 15.6 Å².